The van der Waals surface area contributed by atoms with Gasteiger partial charge in [-0.3, -0.25) is 14.4 Å². The summed E-state index contributed by atoms with van der Waals surface area (Å²) in [7, 11) is 0. The Labute approximate surface area is 408 Å². The summed E-state index contributed by atoms with van der Waals surface area (Å²) in [6, 6.07) is 0. The lowest BCUT2D eigenvalue weighted by molar-refractivity contribution is -0.301. The molecule has 0 aliphatic carbocycles. The molecule has 0 saturated carbocycles. The highest BCUT2D eigenvalue weighted by atomic mass is 16.7. The van der Waals surface area contributed by atoms with Gasteiger partial charge in [0, 0.05) is 19.3 Å². The summed E-state index contributed by atoms with van der Waals surface area (Å²) in [5.41, 5.74) is 0. The first-order valence-electron chi connectivity index (χ1n) is 28.0. The Hall–Kier alpha value is -2.28. The van der Waals surface area contributed by atoms with E-state index in [4.69, 9.17) is 23.7 Å². The van der Waals surface area contributed by atoms with E-state index in [2.05, 4.69) is 20.8 Å². The zero-order chi connectivity index (χ0) is 49.0. The molecule has 12 nitrogen and oxygen atoms in total. The van der Waals surface area contributed by atoms with Crippen molar-refractivity contribution in [2.75, 3.05) is 13.2 Å². The lowest BCUT2D eigenvalue weighted by atomic mass is 9.98. The number of carbonyl (C=O) groups is 4. The number of esters is 3. The van der Waals surface area contributed by atoms with Crippen LogP contribution >= 0.6 is 0 Å². The van der Waals surface area contributed by atoms with Gasteiger partial charge >= 0.3 is 23.9 Å². The third-order valence-electron chi connectivity index (χ3n) is 13.2. The van der Waals surface area contributed by atoms with Gasteiger partial charge in [0.15, 0.2) is 24.6 Å². The van der Waals surface area contributed by atoms with Gasteiger partial charge in [0.25, 0.3) is 0 Å². The Bertz CT molecular complexity index is 1180. The van der Waals surface area contributed by atoms with E-state index in [1.54, 1.807) is 0 Å². The molecule has 67 heavy (non-hydrogen) atoms. The number of unbranched alkanes of at least 4 members (excludes halogenated alkanes) is 34. The third kappa shape index (κ3) is 35.5. The molecule has 0 aromatic carbocycles. The predicted molar refractivity (Wildman–Crippen MR) is 267 cm³/mol. The molecule has 0 aromatic heterocycles. The predicted octanol–water partition coefficient (Wildman–Crippen LogP) is 13.6. The van der Waals surface area contributed by atoms with Gasteiger partial charge in [-0.15, -0.1) is 0 Å². The molecule has 1 fully saturated rings. The smallest absolute Gasteiger partial charge is 0.335 e. The van der Waals surface area contributed by atoms with Crippen LogP contribution in [0.3, 0.4) is 0 Å². The van der Waals surface area contributed by atoms with Crippen LogP contribution in [0, 0.1) is 0 Å². The molecule has 0 bridgehead atoms. The largest absolute Gasteiger partial charge is 0.479 e. The van der Waals surface area contributed by atoms with Crippen molar-refractivity contribution in [2.24, 2.45) is 0 Å². The molecule has 12 heteroatoms. The van der Waals surface area contributed by atoms with Crippen LogP contribution < -0.4 is 0 Å². The van der Waals surface area contributed by atoms with Gasteiger partial charge in [-0.25, -0.2) is 4.79 Å². The zero-order valence-electron chi connectivity index (χ0n) is 43.2. The average Bonchev–Trinajstić information content (AvgIpc) is 3.31. The molecule has 0 amide bonds. The van der Waals surface area contributed by atoms with E-state index in [1.807, 2.05) is 0 Å². The summed E-state index contributed by atoms with van der Waals surface area (Å²) in [5, 5.41) is 31.3. The maximum Gasteiger partial charge on any atom is 0.335 e. The molecule has 0 radical (unpaired) electrons. The number of aliphatic hydroxyl groups is 2. The number of ether oxygens (including phenoxy) is 5. The van der Waals surface area contributed by atoms with Crippen LogP contribution in [0.2, 0.25) is 0 Å². The normalized spacial score (nSPS) is 18.7. The van der Waals surface area contributed by atoms with Crippen LogP contribution in [-0.2, 0) is 42.9 Å². The second-order valence-electron chi connectivity index (χ2n) is 19.6. The second kappa shape index (κ2) is 44.9. The summed E-state index contributed by atoms with van der Waals surface area (Å²) < 4.78 is 28.3. The number of carboxylic acids is 1. The highest BCUT2D eigenvalue weighted by Gasteiger charge is 2.50. The molecule has 1 aliphatic heterocycles. The minimum atomic E-state index is -1.89. The minimum absolute atomic E-state index is 0.0695. The van der Waals surface area contributed by atoms with Crippen molar-refractivity contribution in [3.63, 3.8) is 0 Å². The van der Waals surface area contributed by atoms with Gasteiger partial charge in [-0.05, 0) is 19.3 Å². The van der Waals surface area contributed by atoms with Crippen molar-refractivity contribution in [1.29, 1.82) is 0 Å². The number of aliphatic carboxylic acids is 1. The van der Waals surface area contributed by atoms with Gasteiger partial charge in [0.2, 0.25) is 0 Å². The molecule has 0 aromatic rings. The Kier molecular flexibility index (Phi) is 42.0. The molecule has 3 N–H and O–H groups in total. The van der Waals surface area contributed by atoms with Crippen molar-refractivity contribution in [3.05, 3.63) is 0 Å². The van der Waals surface area contributed by atoms with E-state index in [-0.39, 0.29) is 25.9 Å². The highest BCUT2D eigenvalue weighted by molar-refractivity contribution is 5.74. The maximum atomic E-state index is 13.1. The standard InChI is InChI=1S/C55H102O12/c1-4-7-10-13-16-19-22-23-24-25-28-29-32-35-38-41-47(56)63-44-46(65-48(57)42-39-36-33-30-26-20-17-14-11-8-5-2)45-64-55-53(51(60)50(59)52(67-55)54(61)62)66-49(58)43-40-37-34-31-27-21-18-15-12-9-6-3/h46,50-53,55,59-60H,4-45H2,1-3H3,(H,61,62). The fraction of sp³-hybridized carbons (Fsp3) is 0.927. The lowest BCUT2D eigenvalue weighted by Crippen LogP contribution is -2.61. The Morgan fingerprint density at radius 2 is 0.761 bits per heavy atom. The van der Waals surface area contributed by atoms with Crippen LogP contribution in [0.1, 0.15) is 278 Å². The summed E-state index contributed by atoms with van der Waals surface area (Å²) in [4.78, 5) is 50.9. The summed E-state index contributed by atoms with van der Waals surface area (Å²) in [6.07, 6.45) is 33.7. The molecule has 1 aliphatic rings. The SMILES string of the molecule is CCCCCCCCCCCCCCCCCC(=O)OCC(COC1OC(C(=O)O)C(O)C(O)C1OC(=O)CCCCCCCCCCCCC)OC(=O)CCCCCCCCCCCCC. The van der Waals surface area contributed by atoms with Crippen molar-refractivity contribution in [3.8, 4) is 0 Å². The molecule has 1 heterocycles. The molecule has 1 saturated heterocycles. The van der Waals surface area contributed by atoms with E-state index < -0.39 is 67.3 Å². The number of hydrogen-bond donors (Lipinski definition) is 3. The van der Waals surface area contributed by atoms with E-state index in [9.17, 15) is 34.5 Å². The molecular weight excluding hydrogens is 853 g/mol. The number of rotatable bonds is 48. The molecule has 6 unspecified atom stereocenters. The molecule has 1 rings (SSSR count). The van der Waals surface area contributed by atoms with Crippen LogP contribution in [0.25, 0.3) is 0 Å². The van der Waals surface area contributed by atoms with Crippen molar-refractivity contribution < 1.29 is 58.2 Å². The van der Waals surface area contributed by atoms with E-state index in [0.29, 0.717) is 19.3 Å². The van der Waals surface area contributed by atoms with E-state index in [1.165, 1.54) is 154 Å². The first-order chi connectivity index (χ1) is 32.6. The second-order valence-corrected chi connectivity index (χ2v) is 19.6. The Morgan fingerprint density at radius 3 is 1.12 bits per heavy atom. The summed E-state index contributed by atoms with van der Waals surface area (Å²) in [6.45, 7) is 5.99. The van der Waals surface area contributed by atoms with Crippen LogP contribution in [-0.4, -0.2) is 89.2 Å². The van der Waals surface area contributed by atoms with Crippen LogP contribution in [0.5, 0.6) is 0 Å². The van der Waals surface area contributed by atoms with Gasteiger partial charge < -0.3 is 39.0 Å². The number of hydrogen-bond acceptors (Lipinski definition) is 11. The Balaban J connectivity index is 2.68. The molecule has 0 spiro atoms. The minimum Gasteiger partial charge on any atom is -0.479 e. The Morgan fingerprint density at radius 1 is 0.433 bits per heavy atom. The van der Waals surface area contributed by atoms with Crippen molar-refractivity contribution >= 4 is 23.9 Å². The summed E-state index contributed by atoms with van der Waals surface area (Å²) >= 11 is 0. The molecular formula is C55H102O12. The first-order valence-corrected chi connectivity index (χ1v) is 28.0. The van der Waals surface area contributed by atoms with Gasteiger partial charge in [0.05, 0.1) is 6.61 Å². The van der Waals surface area contributed by atoms with Gasteiger partial charge in [-0.1, -0.05) is 239 Å². The van der Waals surface area contributed by atoms with Crippen molar-refractivity contribution in [1.82, 2.24) is 0 Å². The molecule has 394 valence electrons. The van der Waals surface area contributed by atoms with Crippen LogP contribution in [0.4, 0.5) is 0 Å². The monoisotopic (exact) mass is 955 g/mol. The quantitative estimate of drug-likeness (QED) is 0.0299. The lowest BCUT2D eigenvalue weighted by Gasteiger charge is -2.40. The average molecular weight is 955 g/mol. The van der Waals surface area contributed by atoms with E-state index >= 15 is 0 Å². The first kappa shape index (κ1) is 62.7. The molecule has 6 atom stereocenters. The number of carboxylic acid groups (broad SMARTS) is 1. The fourth-order valence-corrected chi connectivity index (χ4v) is 8.84. The van der Waals surface area contributed by atoms with Gasteiger partial charge in [0.1, 0.15) is 18.8 Å². The van der Waals surface area contributed by atoms with Crippen LogP contribution in [0.15, 0.2) is 0 Å². The number of carbonyl (C=O) groups excluding carboxylic acids is 3. The fourth-order valence-electron chi connectivity index (χ4n) is 8.84. The highest BCUT2D eigenvalue weighted by Crippen LogP contribution is 2.26. The zero-order valence-corrected chi connectivity index (χ0v) is 43.2. The topological polar surface area (TPSA) is 175 Å². The maximum absolute atomic E-state index is 13.1. The third-order valence-corrected chi connectivity index (χ3v) is 13.2. The van der Waals surface area contributed by atoms with E-state index in [0.717, 1.165) is 64.2 Å². The number of aliphatic hydroxyl groups excluding tert-OH is 2. The summed E-state index contributed by atoms with van der Waals surface area (Å²) in [5.74, 6) is -3.08. The van der Waals surface area contributed by atoms with Crippen molar-refractivity contribution in [2.45, 2.75) is 314 Å². The van der Waals surface area contributed by atoms with Gasteiger partial charge in [-0.2, -0.15) is 0 Å².